The van der Waals surface area contributed by atoms with Gasteiger partial charge in [0.2, 0.25) is 0 Å². The molecule has 74 valence electrons. The number of nitrogens with zero attached hydrogens (tertiary/aromatic N) is 2. The lowest BCUT2D eigenvalue weighted by Crippen LogP contribution is -2.02. The Morgan fingerprint density at radius 3 is 3.07 bits per heavy atom. The van der Waals surface area contributed by atoms with Crippen molar-refractivity contribution in [1.29, 1.82) is 0 Å². The second-order valence-electron chi connectivity index (χ2n) is 2.93. The molecule has 2 rings (SSSR count). The number of aromatic nitrogens is 2. The number of oxazole rings is 1. The van der Waals surface area contributed by atoms with E-state index in [0.717, 1.165) is 22.9 Å². The molecule has 2 aromatic heterocycles. The molecule has 0 aromatic carbocycles. The highest BCUT2D eigenvalue weighted by atomic mass is 32.1. The Bertz CT molecular complexity index is 421. The van der Waals surface area contributed by atoms with Crippen molar-refractivity contribution in [2.24, 2.45) is 5.73 Å². The summed E-state index contributed by atoms with van der Waals surface area (Å²) in [5, 5.41) is 2.87. The Hall–Kier alpha value is -1.20. The first-order chi connectivity index (χ1) is 6.79. The van der Waals surface area contributed by atoms with Gasteiger partial charge >= 0.3 is 0 Å². The molecule has 14 heavy (non-hydrogen) atoms. The maximum absolute atomic E-state index is 5.44. The van der Waals surface area contributed by atoms with Crippen molar-refractivity contribution in [2.45, 2.75) is 13.3 Å². The Balaban J connectivity index is 2.24. The van der Waals surface area contributed by atoms with Gasteiger partial charge < -0.3 is 10.2 Å². The average molecular weight is 209 g/mol. The SMILES string of the molecule is Cc1ncc(-c2nc(CCN)cs2)o1. The topological polar surface area (TPSA) is 64.9 Å². The van der Waals surface area contributed by atoms with Gasteiger partial charge in [-0.25, -0.2) is 9.97 Å². The molecule has 5 heteroatoms. The van der Waals surface area contributed by atoms with Gasteiger partial charge in [-0.15, -0.1) is 11.3 Å². The molecule has 0 atom stereocenters. The first kappa shape index (κ1) is 9.36. The van der Waals surface area contributed by atoms with E-state index in [1.807, 2.05) is 12.3 Å². The molecule has 0 amide bonds. The zero-order chi connectivity index (χ0) is 9.97. The molecule has 0 fully saturated rings. The number of aryl methyl sites for hydroxylation is 1. The molecule has 2 aromatic rings. The van der Waals surface area contributed by atoms with Gasteiger partial charge in [0, 0.05) is 18.7 Å². The van der Waals surface area contributed by atoms with Crippen LogP contribution in [0.1, 0.15) is 11.6 Å². The third-order valence-electron chi connectivity index (χ3n) is 1.78. The molecule has 2 N–H and O–H groups in total. The van der Waals surface area contributed by atoms with E-state index in [1.54, 1.807) is 17.5 Å². The third kappa shape index (κ3) is 1.83. The first-order valence-electron chi connectivity index (χ1n) is 4.37. The van der Waals surface area contributed by atoms with Gasteiger partial charge in [0.05, 0.1) is 11.9 Å². The Kier molecular flexibility index (Phi) is 2.60. The van der Waals surface area contributed by atoms with Crippen LogP contribution in [0.4, 0.5) is 0 Å². The minimum Gasteiger partial charge on any atom is -0.439 e. The van der Waals surface area contributed by atoms with E-state index < -0.39 is 0 Å². The summed E-state index contributed by atoms with van der Waals surface area (Å²) in [6, 6.07) is 0. The largest absolute Gasteiger partial charge is 0.439 e. The maximum Gasteiger partial charge on any atom is 0.191 e. The lowest BCUT2D eigenvalue weighted by atomic mass is 10.3. The fraction of sp³-hybridized carbons (Fsp3) is 0.333. The predicted octanol–water partition coefficient (Wildman–Crippen LogP) is 1.61. The van der Waals surface area contributed by atoms with Crippen LogP contribution in [0.25, 0.3) is 10.8 Å². The lowest BCUT2D eigenvalue weighted by molar-refractivity contribution is 0.534. The molecule has 0 aliphatic rings. The first-order valence-corrected chi connectivity index (χ1v) is 5.25. The zero-order valence-corrected chi connectivity index (χ0v) is 8.67. The van der Waals surface area contributed by atoms with E-state index in [0.29, 0.717) is 12.4 Å². The molecular formula is C9H11N3OS. The number of thiazole rings is 1. The molecule has 0 saturated heterocycles. The van der Waals surface area contributed by atoms with Gasteiger partial charge in [-0.05, 0) is 6.54 Å². The van der Waals surface area contributed by atoms with Crippen molar-refractivity contribution in [3.63, 3.8) is 0 Å². The molecular weight excluding hydrogens is 198 g/mol. The third-order valence-corrected chi connectivity index (χ3v) is 2.69. The average Bonchev–Trinajstić information content (AvgIpc) is 2.74. The smallest absolute Gasteiger partial charge is 0.191 e. The van der Waals surface area contributed by atoms with Gasteiger partial charge in [-0.1, -0.05) is 0 Å². The van der Waals surface area contributed by atoms with Crippen molar-refractivity contribution < 1.29 is 4.42 Å². The molecule has 0 aliphatic carbocycles. The van der Waals surface area contributed by atoms with E-state index in [2.05, 4.69) is 9.97 Å². The Labute approximate surface area is 85.8 Å². The second kappa shape index (κ2) is 3.89. The predicted molar refractivity (Wildman–Crippen MR) is 55.1 cm³/mol. The summed E-state index contributed by atoms with van der Waals surface area (Å²) in [6.07, 6.45) is 2.50. The van der Waals surface area contributed by atoms with Crippen LogP contribution in [-0.2, 0) is 6.42 Å². The van der Waals surface area contributed by atoms with Crippen molar-refractivity contribution >= 4 is 11.3 Å². The molecule has 4 nitrogen and oxygen atoms in total. The highest BCUT2D eigenvalue weighted by molar-refractivity contribution is 7.13. The van der Waals surface area contributed by atoms with E-state index >= 15 is 0 Å². The van der Waals surface area contributed by atoms with Crippen LogP contribution in [0.2, 0.25) is 0 Å². The van der Waals surface area contributed by atoms with Crippen LogP contribution in [-0.4, -0.2) is 16.5 Å². The maximum atomic E-state index is 5.44. The fourth-order valence-electron chi connectivity index (χ4n) is 1.14. The summed E-state index contributed by atoms with van der Waals surface area (Å²) in [7, 11) is 0. The minimum atomic E-state index is 0.624. The van der Waals surface area contributed by atoms with Crippen LogP contribution in [0.3, 0.4) is 0 Å². The summed E-state index contributed by atoms with van der Waals surface area (Å²) in [5.41, 5.74) is 6.46. The molecule has 0 aliphatic heterocycles. The molecule has 0 spiro atoms. The van der Waals surface area contributed by atoms with E-state index in [-0.39, 0.29) is 0 Å². The van der Waals surface area contributed by atoms with Crippen LogP contribution in [0.15, 0.2) is 16.0 Å². The normalized spacial score (nSPS) is 10.7. The monoisotopic (exact) mass is 209 g/mol. The molecule has 0 unspecified atom stereocenters. The number of rotatable bonds is 3. The molecule has 0 bridgehead atoms. The summed E-state index contributed by atoms with van der Waals surface area (Å²) in [4.78, 5) is 8.41. The van der Waals surface area contributed by atoms with Crippen molar-refractivity contribution in [2.75, 3.05) is 6.54 Å². The fourth-order valence-corrected chi connectivity index (χ4v) is 1.94. The van der Waals surface area contributed by atoms with E-state index in [4.69, 9.17) is 10.2 Å². The highest BCUT2D eigenvalue weighted by Crippen LogP contribution is 2.24. The summed E-state index contributed by atoms with van der Waals surface area (Å²) >= 11 is 1.56. The number of hydrogen-bond donors (Lipinski definition) is 1. The zero-order valence-electron chi connectivity index (χ0n) is 7.86. The quantitative estimate of drug-likeness (QED) is 0.834. The standard InChI is InChI=1S/C9H11N3OS/c1-6-11-4-8(13-6)9-12-7(2-3-10)5-14-9/h4-5H,2-3,10H2,1H3. The lowest BCUT2D eigenvalue weighted by Gasteiger charge is -1.88. The number of hydrogen-bond acceptors (Lipinski definition) is 5. The molecule has 0 saturated carbocycles. The van der Waals surface area contributed by atoms with Crippen LogP contribution in [0.5, 0.6) is 0 Å². The van der Waals surface area contributed by atoms with Gasteiger partial charge in [-0.2, -0.15) is 0 Å². The van der Waals surface area contributed by atoms with Crippen molar-refractivity contribution in [3.05, 3.63) is 23.2 Å². The summed E-state index contributed by atoms with van der Waals surface area (Å²) < 4.78 is 5.37. The molecule has 0 radical (unpaired) electrons. The van der Waals surface area contributed by atoms with E-state index in [1.165, 1.54) is 0 Å². The van der Waals surface area contributed by atoms with Crippen molar-refractivity contribution in [3.8, 4) is 10.8 Å². The van der Waals surface area contributed by atoms with Gasteiger partial charge in [0.15, 0.2) is 16.7 Å². The second-order valence-corrected chi connectivity index (χ2v) is 3.78. The number of nitrogens with two attached hydrogens (primary N) is 1. The summed E-state index contributed by atoms with van der Waals surface area (Å²) in [6.45, 7) is 2.44. The van der Waals surface area contributed by atoms with E-state index in [9.17, 15) is 0 Å². The summed E-state index contributed by atoms with van der Waals surface area (Å²) in [5.74, 6) is 1.39. The van der Waals surface area contributed by atoms with Crippen molar-refractivity contribution in [1.82, 2.24) is 9.97 Å². The van der Waals surface area contributed by atoms with Gasteiger partial charge in [-0.3, -0.25) is 0 Å². The Morgan fingerprint density at radius 1 is 1.57 bits per heavy atom. The minimum absolute atomic E-state index is 0.624. The van der Waals surface area contributed by atoms with Gasteiger partial charge in [0.25, 0.3) is 0 Å². The molecule has 2 heterocycles. The van der Waals surface area contributed by atoms with Crippen LogP contribution < -0.4 is 5.73 Å². The van der Waals surface area contributed by atoms with Crippen LogP contribution in [0, 0.1) is 6.92 Å². The highest BCUT2D eigenvalue weighted by Gasteiger charge is 2.08. The van der Waals surface area contributed by atoms with Gasteiger partial charge in [0.1, 0.15) is 0 Å². The Morgan fingerprint density at radius 2 is 2.43 bits per heavy atom. The van der Waals surface area contributed by atoms with Crippen LogP contribution >= 0.6 is 11.3 Å².